The molecule has 110 valence electrons. The van der Waals surface area contributed by atoms with Crippen molar-refractivity contribution in [2.75, 3.05) is 11.3 Å². The highest BCUT2D eigenvalue weighted by atomic mass is 35.5. The molecule has 2 aromatic rings. The quantitative estimate of drug-likeness (QED) is 0.514. The molecule has 1 heterocycles. The van der Waals surface area contributed by atoms with Gasteiger partial charge in [0.05, 0.1) is 6.21 Å². The van der Waals surface area contributed by atoms with Crippen molar-refractivity contribution < 1.29 is 0 Å². The normalized spacial score (nSPS) is 9.90. The van der Waals surface area contributed by atoms with Crippen LogP contribution in [0.25, 0.3) is 0 Å². The molecule has 0 atom stereocenters. The average molecular weight is 317 g/mol. The van der Waals surface area contributed by atoms with Crippen molar-refractivity contribution in [3.63, 3.8) is 0 Å². The standard InChI is InChI=1S/C12H16N6.2ClH/c1-3-11-15-17-12(18(11)13)16-14-8-10-6-4-9(2)5-7-10;;/h4-8H,3,13H2,1-2H3,(H,16,17);2*1H/b14-8-;;. The number of aromatic nitrogens is 3. The van der Waals surface area contributed by atoms with E-state index in [1.807, 2.05) is 38.1 Å². The van der Waals surface area contributed by atoms with Crippen molar-refractivity contribution in [1.29, 1.82) is 0 Å². The summed E-state index contributed by atoms with van der Waals surface area (Å²) in [6.07, 6.45) is 2.44. The number of nitrogens with zero attached hydrogens (tertiary/aromatic N) is 4. The Hall–Kier alpha value is -1.79. The fourth-order valence-corrected chi connectivity index (χ4v) is 1.46. The number of nitrogens with one attached hydrogen (secondary N) is 1. The van der Waals surface area contributed by atoms with Crippen LogP contribution in [0.4, 0.5) is 5.95 Å². The second kappa shape index (κ2) is 8.39. The summed E-state index contributed by atoms with van der Waals surface area (Å²) in [6, 6.07) is 8.04. The lowest BCUT2D eigenvalue weighted by atomic mass is 10.2. The van der Waals surface area contributed by atoms with Gasteiger partial charge in [0.15, 0.2) is 5.82 Å². The van der Waals surface area contributed by atoms with Crippen molar-refractivity contribution >= 4 is 37.0 Å². The van der Waals surface area contributed by atoms with Crippen molar-refractivity contribution in [3.05, 3.63) is 41.2 Å². The van der Waals surface area contributed by atoms with Crippen LogP contribution in [0.3, 0.4) is 0 Å². The second-order valence-corrected chi connectivity index (χ2v) is 3.94. The zero-order valence-electron chi connectivity index (χ0n) is 11.3. The first-order valence-electron chi connectivity index (χ1n) is 5.76. The van der Waals surface area contributed by atoms with E-state index in [1.54, 1.807) is 6.21 Å². The van der Waals surface area contributed by atoms with Crippen LogP contribution in [0.1, 0.15) is 23.9 Å². The highest BCUT2D eigenvalue weighted by molar-refractivity contribution is 5.85. The second-order valence-electron chi connectivity index (χ2n) is 3.94. The molecule has 0 aliphatic heterocycles. The van der Waals surface area contributed by atoms with Gasteiger partial charge in [-0.15, -0.1) is 35.0 Å². The molecule has 0 spiro atoms. The molecule has 0 saturated carbocycles. The fourth-order valence-electron chi connectivity index (χ4n) is 1.46. The van der Waals surface area contributed by atoms with E-state index in [9.17, 15) is 0 Å². The van der Waals surface area contributed by atoms with Crippen LogP contribution < -0.4 is 11.3 Å². The number of hydrogen-bond acceptors (Lipinski definition) is 5. The summed E-state index contributed by atoms with van der Waals surface area (Å²) in [7, 11) is 0. The highest BCUT2D eigenvalue weighted by Gasteiger charge is 2.05. The molecule has 0 amide bonds. The topological polar surface area (TPSA) is 81.1 Å². The molecule has 1 aromatic heterocycles. The van der Waals surface area contributed by atoms with E-state index in [-0.39, 0.29) is 24.8 Å². The maximum absolute atomic E-state index is 5.77. The Morgan fingerprint density at radius 3 is 2.45 bits per heavy atom. The van der Waals surface area contributed by atoms with Crippen molar-refractivity contribution in [2.24, 2.45) is 5.10 Å². The van der Waals surface area contributed by atoms with Gasteiger partial charge in [0, 0.05) is 6.42 Å². The number of aryl methyl sites for hydroxylation is 2. The van der Waals surface area contributed by atoms with Crippen molar-refractivity contribution in [3.8, 4) is 0 Å². The molecule has 0 fully saturated rings. The molecule has 0 bridgehead atoms. The van der Waals surface area contributed by atoms with Gasteiger partial charge in [0.1, 0.15) is 0 Å². The summed E-state index contributed by atoms with van der Waals surface area (Å²) >= 11 is 0. The molecule has 2 rings (SSSR count). The summed E-state index contributed by atoms with van der Waals surface area (Å²) in [6.45, 7) is 4.01. The minimum absolute atomic E-state index is 0. The Labute approximate surface area is 130 Å². The summed E-state index contributed by atoms with van der Waals surface area (Å²) in [5, 5.41) is 11.9. The van der Waals surface area contributed by atoms with Gasteiger partial charge in [0.25, 0.3) is 5.95 Å². The van der Waals surface area contributed by atoms with E-state index in [1.165, 1.54) is 10.2 Å². The van der Waals surface area contributed by atoms with Crippen LogP contribution in [-0.2, 0) is 6.42 Å². The SMILES string of the molecule is CCc1nnc(N/N=C\c2ccc(C)cc2)n1N.Cl.Cl. The molecule has 0 saturated heterocycles. The van der Waals surface area contributed by atoms with Crippen LogP contribution in [-0.4, -0.2) is 21.1 Å². The largest absolute Gasteiger partial charge is 0.335 e. The Kier molecular flexibility index (Phi) is 7.64. The minimum Gasteiger partial charge on any atom is -0.335 e. The lowest BCUT2D eigenvalue weighted by Gasteiger charge is -2.00. The Morgan fingerprint density at radius 1 is 1.25 bits per heavy atom. The van der Waals surface area contributed by atoms with Gasteiger partial charge in [-0.2, -0.15) is 5.10 Å². The number of benzene rings is 1. The van der Waals surface area contributed by atoms with Crippen LogP contribution in [0, 0.1) is 6.92 Å². The molecule has 20 heavy (non-hydrogen) atoms. The maximum atomic E-state index is 5.77. The van der Waals surface area contributed by atoms with E-state index in [0.29, 0.717) is 11.8 Å². The van der Waals surface area contributed by atoms with E-state index in [2.05, 4.69) is 20.7 Å². The maximum Gasteiger partial charge on any atom is 0.263 e. The number of hydrogen-bond donors (Lipinski definition) is 2. The van der Waals surface area contributed by atoms with Gasteiger partial charge >= 0.3 is 0 Å². The third-order valence-electron chi connectivity index (χ3n) is 2.54. The Balaban J connectivity index is 0.00000180. The van der Waals surface area contributed by atoms with Crippen molar-refractivity contribution in [2.45, 2.75) is 20.3 Å². The lowest BCUT2D eigenvalue weighted by Crippen LogP contribution is -2.14. The molecule has 0 unspecified atom stereocenters. The Morgan fingerprint density at radius 2 is 1.90 bits per heavy atom. The number of halogens is 2. The average Bonchev–Trinajstić information content (AvgIpc) is 2.73. The van der Waals surface area contributed by atoms with E-state index in [4.69, 9.17) is 5.84 Å². The van der Waals surface area contributed by atoms with Crippen molar-refractivity contribution in [1.82, 2.24) is 14.9 Å². The van der Waals surface area contributed by atoms with Crippen LogP contribution >= 0.6 is 24.8 Å². The minimum atomic E-state index is 0. The zero-order valence-corrected chi connectivity index (χ0v) is 12.9. The molecular formula is C12H18Cl2N6. The molecule has 1 aromatic carbocycles. The van der Waals surface area contributed by atoms with E-state index >= 15 is 0 Å². The third-order valence-corrected chi connectivity index (χ3v) is 2.54. The van der Waals surface area contributed by atoms with Gasteiger partial charge in [-0.25, -0.2) is 10.1 Å². The van der Waals surface area contributed by atoms with Gasteiger partial charge in [-0.3, -0.25) is 0 Å². The number of anilines is 1. The molecule has 0 aliphatic rings. The predicted octanol–water partition coefficient (Wildman–Crippen LogP) is 2.15. The fraction of sp³-hybridized carbons (Fsp3) is 0.250. The molecule has 0 radical (unpaired) electrons. The lowest BCUT2D eigenvalue weighted by molar-refractivity contribution is 0.855. The van der Waals surface area contributed by atoms with Gasteiger partial charge in [-0.05, 0) is 12.5 Å². The molecular weight excluding hydrogens is 299 g/mol. The van der Waals surface area contributed by atoms with Gasteiger partial charge in [0.2, 0.25) is 0 Å². The summed E-state index contributed by atoms with van der Waals surface area (Å²) in [5.74, 6) is 6.91. The van der Waals surface area contributed by atoms with Crippen LogP contribution in [0.2, 0.25) is 0 Å². The summed E-state index contributed by atoms with van der Waals surface area (Å²) in [5.41, 5.74) is 4.99. The first-order chi connectivity index (χ1) is 8.70. The third kappa shape index (κ3) is 4.40. The number of hydrazone groups is 1. The molecule has 6 nitrogen and oxygen atoms in total. The summed E-state index contributed by atoms with van der Waals surface area (Å²) < 4.78 is 1.40. The highest BCUT2D eigenvalue weighted by Crippen LogP contribution is 2.04. The first-order valence-corrected chi connectivity index (χ1v) is 5.76. The summed E-state index contributed by atoms with van der Waals surface area (Å²) in [4.78, 5) is 0. The molecule has 0 aliphatic carbocycles. The zero-order chi connectivity index (χ0) is 13.0. The van der Waals surface area contributed by atoms with Crippen LogP contribution in [0.15, 0.2) is 29.4 Å². The van der Waals surface area contributed by atoms with Gasteiger partial charge < -0.3 is 5.84 Å². The first kappa shape index (κ1) is 18.2. The number of rotatable bonds is 4. The number of nitrogen functional groups attached to an aromatic ring is 1. The Bertz CT molecular complexity index is 550. The van der Waals surface area contributed by atoms with E-state index in [0.717, 1.165) is 12.0 Å². The number of nitrogens with two attached hydrogens (primary N) is 1. The smallest absolute Gasteiger partial charge is 0.263 e. The monoisotopic (exact) mass is 316 g/mol. The van der Waals surface area contributed by atoms with E-state index < -0.39 is 0 Å². The van der Waals surface area contributed by atoms with Gasteiger partial charge in [-0.1, -0.05) is 36.8 Å². The molecule has 3 N–H and O–H groups in total. The molecule has 8 heteroatoms. The van der Waals surface area contributed by atoms with Crippen LogP contribution in [0.5, 0.6) is 0 Å². The predicted molar refractivity (Wildman–Crippen MR) is 86.4 cm³/mol.